The van der Waals surface area contributed by atoms with E-state index in [2.05, 4.69) is 13.8 Å². The maximum atomic E-state index is 10.3. The van der Waals surface area contributed by atoms with Gasteiger partial charge in [0.15, 0.2) is 0 Å². The van der Waals surface area contributed by atoms with Crippen LogP contribution in [0.3, 0.4) is 0 Å². The van der Waals surface area contributed by atoms with E-state index in [-0.39, 0.29) is 0 Å². The van der Waals surface area contributed by atoms with Crippen LogP contribution in [0.4, 0.5) is 0 Å². The number of hydrogen-bond acceptors (Lipinski definition) is 1. The van der Waals surface area contributed by atoms with Gasteiger partial charge in [-0.05, 0) is 6.42 Å². The first-order valence-electron chi connectivity index (χ1n) is 10.0. The molecule has 0 heterocycles. The molecule has 2 nitrogen and oxygen atoms in total. The van der Waals surface area contributed by atoms with Crippen LogP contribution in [0.1, 0.15) is 117 Å². The first-order valence-corrected chi connectivity index (χ1v) is 12.1. The predicted molar refractivity (Wildman–Crippen MR) is 103 cm³/mol. The Balaban J connectivity index is 0. The maximum absolute atomic E-state index is 10.3. The summed E-state index contributed by atoms with van der Waals surface area (Å²) in [6.45, 7) is 4.44. The van der Waals surface area contributed by atoms with E-state index in [1.54, 1.807) is 22.5 Å². The zero-order valence-electron chi connectivity index (χ0n) is 15.9. The Kier molecular flexibility index (Phi) is 27.2. The van der Waals surface area contributed by atoms with E-state index < -0.39 is 5.97 Å². The molecule has 0 atom stereocenters. The summed E-state index contributed by atoms with van der Waals surface area (Å²) in [4.78, 5) is 10.3. The predicted octanol–water partition coefficient (Wildman–Crippen LogP) is 6.93. The third-order valence-corrected chi connectivity index (χ3v) is 3.99. The Morgan fingerprint density at radius 1 is 0.652 bits per heavy atom. The van der Waals surface area contributed by atoms with E-state index in [0.29, 0.717) is 6.42 Å². The van der Waals surface area contributed by atoms with Gasteiger partial charge in [-0.2, -0.15) is 0 Å². The molecule has 0 aromatic carbocycles. The first kappa shape index (κ1) is 25.5. The fourth-order valence-electron chi connectivity index (χ4n) is 2.65. The van der Waals surface area contributed by atoms with Gasteiger partial charge in [-0.3, -0.25) is 4.79 Å². The van der Waals surface area contributed by atoms with Crippen molar-refractivity contribution in [2.45, 2.75) is 121 Å². The van der Waals surface area contributed by atoms with E-state index >= 15 is 0 Å². The van der Waals surface area contributed by atoms with Crippen molar-refractivity contribution in [3.05, 3.63) is 0 Å². The second-order valence-corrected chi connectivity index (χ2v) is 8.47. The monoisotopic (exact) mass is 433 g/mol. The van der Waals surface area contributed by atoms with Crippen LogP contribution in [0.25, 0.3) is 0 Å². The number of aliphatic carboxylic acids is 1. The fraction of sp³-hybridized carbons (Fsp3) is 0.950. The summed E-state index contributed by atoms with van der Waals surface area (Å²) in [5, 5.41) is 8.52. The van der Waals surface area contributed by atoms with E-state index in [1.165, 1.54) is 87.9 Å². The molecule has 0 aliphatic carbocycles. The van der Waals surface area contributed by atoms with Crippen LogP contribution in [0, 0.1) is 0 Å². The minimum absolute atomic E-state index is 0.345. The van der Waals surface area contributed by atoms with Crippen molar-refractivity contribution < 1.29 is 9.90 Å². The summed E-state index contributed by atoms with van der Waals surface area (Å²) in [7, 11) is 0. The zero-order chi connectivity index (χ0) is 17.6. The molecule has 3 heteroatoms. The molecule has 3 radical (unpaired) electrons. The van der Waals surface area contributed by atoms with Gasteiger partial charge >= 0.3 is 39.9 Å². The molecule has 23 heavy (non-hydrogen) atoms. The van der Waals surface area contributed by atoms with Crippen LogP contribution < -0.4 is 0 Å². The molecular weight excluding hydrogens is 391 g/mol. The molecule has 0 aromatic rings. The van der Waals surface area contributed by atoms with Gasteiger partial charge in [-0.15, -0.1) is 0 Å². The SMILES string of the molecule is CCCCCCCCCCCCCCCCCC(=O)O.C[CH2][Sn]. The fourth-order valence-corrected chi connectivity index (χ4v) is 2.65. The average molecular weight is 432 g/mol. The quantitative estimate of drug-likeness (QED) is 0.212. The van der Waals surface area contributed by atoms with Gasteiger partial charge in [0.05, 0.1) is 0 Å². The molecule has 0 unspecified atom stereocenters. The molecule has 0 fully saturated rings. The van der Waals surface area contributed by atoms with Gasteiger partial charge < -0.3 is 5.11 Å². The summed E-state index contributed by atoms with van der Waals surface area (Å²) >= 11 is 1.64. The van der Waals surface area contributed by atoms with Crippen molar-refractivity contribution in [2.75, 3.05) is 0 Å². The Bertz CT molecular complexity index is 220. The molecule has 1 N–H and O–H groups in total. The van der Waals surface area contributed by atoms with Crippen molar-refractivity contribution in [1.29, 1.82) is 0 Å². The van der Waals surface area contributed by atoms with Crippen LogP contribution >= 0.6 is 0 Å². The molecule has 0 amide bonds. The van der Waals surface area contributed by atoms with E-state index in [9.17, 15) is 4.79 Å². The van der Waals surface area contributed by atoms with Gasteiger partial charge in [0.1, 0.15) is 0 Å². The van der Waals surface area contributed by atoms with Crippen molar-refractivity contribution in [3.63, 3.8) is 0 Å². The molecule has 0 aliphatic rings. The summed E-state index contributed by atoms with van der Waals surface area (Å²) in [5.74, 6) is -0.653. The second-order valence-electron chi connectivity index (χ2n) is 6.45. The molecule has 0 bridgehead atoms. The molecule has 0 aliphatic heterocycles. The summed E-state index contributed by atoms with van der Waals surface area (Å²) in [6, 6.07) is 0. The second kappa shape index (κ2) is 24.5. The number of carboxylic acids is 1. The summed E-state index contributed by atoms with van der Waals surface area (Å²) < 4.78 is 1.34. The minimum atomic E-state index is -0.653. The third-order valence-electron chi connectivity index (χ3n) is 3.99. The summed E-state index contributed by atoms with van der Waals surface area (Å²) in [5.41, 5.74) is 0. The van der Waals surface area contributed by atoms with E-state index in [4.69, 9.17) is 5.11 Å². The van der Waals surface area contributed by atoms with Crippen LogP contribution in [-0.4, -0.2) is 33.6 Å². The molecule has 0 spiro atoms. The molecule has 0 saturated heterocycles. The molecule has 0 aromatic heterocycles. The zero-order valence-corrected chi connectivity index (χ0v) is 18.7. The van der Waals surface area contributed by atoms with Crippen LogP contribution in [0.2, 0.25) is 4.44 Å². The Morgan fingerprint density at radius 2 is 0.913 bits per heavy atom. The summed E-state index contributed by atoms with van der Waals surface area (Å²) in [6.07, 6.45) is 20.2. The van der Waals surface area contributed by atoms with Gasteiger partial charge in [0, 0.05) is 6.42 Å². The Morgan fingerprint density at radius 3 is 1.17 bits per heavy atom. The van der Waals surface area contributed by atoms with Crippen LogP contribution in [0.15, 0.2) is 0 Å². The number of rotatable bonds is 16. The van der Waals surface area contributed by atoms with E-state index in [0.717, 1.165) is 12.8 Å². The molecule has 0 rings (SSSR count). The molecule has 137 valence electrons. The van der Waals surface area contributed by atoms with Crippen molar-refractivity contribution in [3.8, 4) is 0 Å². The third kappa shape index (κ3) is 30.7. The van der Waals surface area contributed by atoms with Gasteiger partial charge in [0.2, 0.25) is 0 Å². The van der Waals surface area contributed by atoms with E-state index in [1.807, 2.05) is 0 Å². The van der Waals surface area contributed by atoms with Crippen LogP contribution in [-0.2, 0) is 4.79 Å². The topological polar surface area (TPSA) is 37.3 Å². The van der Waals surface area contributed by atoms with Crippen molar-refractivity contribution in [2.24, 2.45) is 0 Å². The Hall–Kier alpha value is 0.269. The molecule has 0 saturated carbocycles. The number of carbonyl (C=O) groups is 1. The van der Waals surface area contributed by atoms with Gasteiger partial charge in [0.25, 0.3) is 0 Å². The molecular formula is C20H41O2Sn. The van der Waals surface area contributed by atoms with Crippen molar-refractivity contribution in [1.82, 2.24) is 0 Å². The average Bonchev–Trinajstić information content (AvgIpc) is 2.51. The normalized spacial score (nSPS) is 10.2. The Labute approximate surface area is 159 Å². The van der Waals surface area contributed by atoms with Gasteiger partial charge in [-0.1, -0.05) is 96.8 Å². The number of unbranched alkanes of at least 4 members (excludes halogenated alkanes) is 14. The van der Waals surface area contributed by atoms with Crippen LogP contribution in [0.5, 0.6) is 0 Å². The number of carboxylic acid groups (broad SMARTS) is 1. The van der Waals surface area contributed by atoms with Gasteiger partial charge in [-0.25, -0.2) is 0 Å². The van der Waals surface area contributed by atoms with Crippen molar-refractivity contribution >= 4 is 28.5 Å². The standard InChI is InChI=1S/C18H36O2.C2H5.Sn/c1-2-3-4-5-6-7-8-9-10-11-12-13-14-15-16-17-18(19)20;1-2;/h2-17H2,1H3,(H,19,20);1H2,2H3;. The number of hydrogen-bond donors (Lipinski definition) is 1. The first-order chi connectivity index (χ1) is 11.2.